The molecule has 0 saturated heterocycles. The molecule has 1 heterocycles. The molecule has 0 aromatic heterocycles. The fourth-order valence-corrected chi connectivity index (χ4v) is 16.1. The van der Waals surface area contributed by atoms with Crippen molar-refractivity contribution in [2.45, 2.75) is 81.1 Å². The summed E-state index contributed by atoms with van der Waals surface area (Å²) in [4.78, 5) is 2.59. The van der Waals surface area contributed by atoms with E-state index in [9.17, 15) is 0 Å². The molecule has 64 heavy (non-hydrogen) atoms. The third-order valence-electron chi connectivity index (χ3n) is 18.8. The van der Waals surface area contributed by atoms with Crippen molar-refractivity contribution < 1.29 is 4.74 Å². The number of benzene rings is 7. The summed E-state index contributed by atoms with van der Waals surface area (Å²) in [6.07, 6.45) is 19.7. The van der Waals surface area contributed by atoms with Gasteiger partial charge in [-0.1, -0.05) is 147 Å². The molecule has 6 atom stereocenters. The topological polar surface area (TPSA) is 12.5 Å². The van der Waals surface area contributed by atoms with Gasteiger partial charge in [0.2, 0.25) is 0 Å². The second-order valence-corrected chi connectivity index (χ2v) is 21.1. The van der Waals surface area contributed by atoms with Gasteiger partial charge in [-0.25, -0.2) is 0 Å². The highest BCUT2D eigenvalue weighted by atomic mass is 16.5. The van der Waals surface area contributed by atoms with Gasteiger partial charge in [0.05, 0.1) is 16.8 Å². The molecule has 2 nitrogen and oxygen atoms in total. The van der Waals surface area contributed by atoms with E-state index in [1.165, 1.54) is 118 Å². The van der Waals surface area contributed by atoms with Crippen LogP contribution in [0.2, 0.25) is 0 Å². The van der Waals surface area contributed by atoms with Gasteiger partial charge >= 0.3 is 0 Å². The lowest BCUT2D eigenvalue weighted by molar-refractivity contribution is -0.412. The highest BCUT2D eigenvalue weighted by Crippen LogP contribution is 2.94. The zero-order valence-electron chi connectivity index (χ0n) is 36.6. The van der Waals surface area contributed by atoms with Crippen LogP contribution in [0.4, 0.5) is 17.1 Å². The Balaban J connectivity index is 0.942. The van der Waals surface area contributed by atoms with Gasteiger partial charge in [0.1, 0.15) is 11.9 Å². The average Bonchev–Trinajstić information content (AvgIpc) is 3.79. The summed E-state index contributed by atoms with van der Waals surface area (Å²) in [6.45, 7) is 2.34. The van der Waals surface area contributed by atoms with Crippen molar-refractivity contribution in [3.63, 3.8) is 0 Å². The summed E-state index contributed by atoms with van der Waals surface area (Å²) in [5.74, 6) is 5.12. The number of para-hydroxylation sites is 2. The molecule has 15 rings (SSSR count). The van der Waals surface area contributed by atoms with Crippen LogP contribution >= 0.6 is 0 Å². The summed E-state index contributed by atoms with van der Waals surface area (Å²) in [5, 5.41) is 2.75. The largest absolute Gasteiger partial charge is 0.485 e. The lowest BCUT2D eigenvalue weighted by atomic mass is 9.11. The summed E-state index contributed by atoms with van der Waals surface area (Å²) >= 11 is 0. The zero-order valence-corrected chi connectivity index (χ0v) is 36.6. The molecule has 7 aromatic carbocycles. The van der Waals surface area contributed by atoms with Gasteiger partial charge in [-0.3, -0.25) is 0 Å². The lowest BCUT2D eigenvalue weighted by Gasteiger charge is -2.92. The normalized spacial score (nSPS) is 30.4. The Morgan fingerprint density at radius 1 is 0.562 bits per heavy atom. The number of hydrogen-bond donors (Lipinski definition) is 0. The summed E-state index contributed by atoms with van der Waals surface area (Å²) < 4.78 is 6.66. The van der Waals surface area contributed by atoms with E-state index in [1.807, 2.05) is 0 Å². The number of fused-ring (bicyclic) bond motifs is 11. The maximum Gasteiger partial charge on any atom is 0.130 e. The van der Waals surface area contributed by atoms with Crippen LogP contribution in [0.5, 0.6) is 5.75 Å². The lowest BCUT2D eigenvalue weighted by Crippen LogP contribution is -2.88. The molecule has 0 N–H and O–H groups in total. The Morgan fingerprint density at radius 3 is 2.08 bits per heavy atom. The number of anilines is 3. The Bertz CT molecular complexity index is 3170. The molecule has 8 aliphatic rings. The summed E-state index contributed by atoms with van der Waals surface area (Å²) in [6, 6.07) is 56.6. The Labute approximate surface area is 377 Å². The minimum atomic E-state index is -0.250. The van der Waals surface area contributed by atoms with Gasteiger partial charge < -0.3 is 9.64 Å². The fourth-order valence-electron chi connectivity index (χ4n) is 16.1. The van der Waals surface area contributed by atoms with Gasteiger partial charge in [-0.2, -0.15) is 0 Å². The second-order valence-electron chi connectivity index (χ2n) is 21.1. The molecule has 0 bridgehead atoms. The van der Waals surface area contributed by atoms with Crippen LogP contribution in [0.1, 0.15) is 86.5 Å². The molecule has 0 amide bonds. The van der Waals surface area contributed by atoms with Crippen LogP contribution in [0, 0.1) is 29.1 Å². The molecular weight excluding hydrogens is 775 g/mol. The number of allylic oxidation sites excluding steroid dienone is 2. The molecule has 7 aromatic rings. The highest BCUT2D eigenvalue weighted by molar-refractivity contribution is 6.04. The van der Waals surface area contributed by atoms with Crippen LogP contribution in [0.3, 0.4) is 0 Å². The first kappa shape index (κ1) is 36.2. The highest BCUT2D eigenvalue weighted by Gasteiger charge is 2.90. The molecule has 6 unspecified atom stereocenters. The molecule has 2 spiro atoms. The first-order valence-electron chi connectivity index (χ1n) is 24.5. The van der Waals surface area contributed by atoms with Gasteiger partial charge in [-0.15, -0.1) is 0 Å². The maximum atomic E-state index is 6.66. The minimum Gasteiger partial charge on any atom is -0.485 e. The van der Waals surface area contributed by atoms with E-state index in [0.717, 1.165) is 35.1 Å². The molecule has 312 valence electrons. The predicted molar refractivity (Wildman–Crippen MR) is 262 cm³/mol. The Morgan fingerprint density at radius 2 is 1.27 bits per heavy atom. The van der Waals surface area contributed by atoms with Gasteiger partial charge in [0.15, 0.2) is 0 Å². The van der Waals surface area contributed by atoms with Crippen LogP contribution < -0.4 is 9.64 Å². The van der Waals surface area contributed by atoms with Crippen LogP contribution in [-0.2, 0) is 10.8 Å². The maximum absolute atomic E-state index is 6.66. The van der Waals surface area contributed by atoms with Crippen LogP contribution in [0.15, 0.2) is 170 Å². The number of ether oxygens (including phenoxy) is 1. The van der Waals surface area contributed by atoms with E-state index in [0.29, 0.717) is 11.3 Å². The molecular formula is C62H53NO. The van der Waals surface area contributed by atoms with Crippen molar-refractivity contribution in [1.82, 2.24) is 0 Å². The van der Waals surface area contributed by atoms with Crippen LogP contribution in [-0.4, -0.2) is 6.10 Å². The third-order valence-corrected chi connectivity index (χ3v) is 18.8. The molecule has 5 fully saturated rings. The van der Waals surface area contributed by atoms with Crippen molar-refractivity contribution in [1.29, 1.82) is 0 Å². The SMILES string of the molecule is CC12C=CC=CC1Oc1ccc(N(c3ccccc3-c3ccc4c(c3)C3(c5ccccc5-4)C4CC5CC6CC3C564)c3ccccc3-c3cccc4cccc(C5CCCCC5)c34)cc12. The number of nitrogens with zero attached hydrogens (tertiary/aromatic N) is 1. The van der Waals surface area contributed by atoms with Crippen LogP contribution in [0.25, 0.3) is 44.2 Å². The molecule has 0 radical (unpaired) electrons. The molecule has 1 aliphatic heterocycles. The molecule has 2 heteroatoms. The predicted octanol–water partition coefficient (Wildman–Crippen LogP) is 15.8. The van der Waals surface area contributed by atoms with Crippen molar-refractivity contribution >= 4 is 27.8 Å². The Kier molecular flexibility index (Phi) is 7.24. The van der Waals surface area contributed by atoms with E-state index < -0.39 is 0 Å². The van der Waals surface area contributed by atoms with E-state index >= 15 is 0 Å². The third kappa shape index (κ3) is 4.34. The van der Waals surface area contributed by atoms with Gasteiger partial charge in [0, 0.05) is 27.8 Å². The molecule has 7 aliphatic carbocycles. The smallest absolute Gasteiger partial charge is 0.130 e. The van der Waals surface area contributed by atoms with Crippen molar-refractivity contribution in [3.8, 4) is 39.1 Å². The van der Waals surface area contributed by atoms with Crippen molar-refractivity contribution in [3.05, 3.63) is 192 Å². The molecule has 5 saturated carbocycles. The number of hydrogen-bond acceptors (Lipinski definition) is 2. The minimum absolute atomic E-state index is 0.0185. The Hall–Kier alpha value is -6.12. The van der Waals surface area contributed by atoms with E-state index in [-0.39, 0.29) is 16.9 Å². The van der Waals surface area contributed by atoms with Crippen molar-refractivity contribution in [2.24, 2.45) is 29.1 Å². The standard InChI is InChI=1S/C62H53NO/c1-60-32-12-11-27-58(60)64-55-31-29-43(37-52(55)60)63(54-26-10-7-21-48(54)49-23-14-18-39-17-13-22-45(59(39)49)38-15-3-2-4-16-38)53-25-9-6-19-44(53)40-28-30-47-46-20-5-8-24-50(46)62(51(47)33-40)56-35-41-34-42-36-57(62)61(41,42)56/h5-14,17-33,37-38,41-42,56-58H,2-4,15-16,34-36H2,1H3. The van der Waals surface area contributed by atoms with E-state index in [2.05, 4.69) is 182 Å². The number of rotatable bonds is 6. The first-order chi connectivity index (χ1) is 31.6. The van der Waals surface area contributed by atoms with Gasteiger partial charge in [0.25, 0.3) is 0 Å². The van der Waals surface area contributed by atoms with E-state index in [1.54, 1.807) is 11.1 Å². The van der Waals surface area contributed by atoms with E-state index in [4.69, 9.17) is 4.74 Å². The second kappa shape index (κ2) is 12.8. The summed E-state index contributed by atoms with van der Waals surface area (Å²) in [7, 11) is 0. The first-order valence-corrected chi connectivity index (χ1v) is 24.5. The quantitative estimate of drug-likeness (QED) is 0.166. The summed E-state index contributed by atoms with van der Waals surface area (Å²) in [5.41, 5.74) is 18.2. The zero-order chi connectivity index (χ0) is 41.9. The average molecular weight is 828 g/mol. The van der Waals surface area contributed by atoms with Crippen molar-refractivity contribution in [2.75, 3.05) is 4.90 Å². The monoisotopic (exact) mass is 827 g/mol. The fraction of sp³-hybridized carbons (Fsp3) is 0.290. The van der Waals surface area contributed by atoms with Gasteiger partial charge in [-0.05, 0) is 166 Å².